The maximum Gasteiger partial charge on any atom is 0.254 e. The van der Waals surface area contributed by atoms with Gasteiger partial charge >= 0.3 is 0 Å². The monoisotopic (exact) mass is 296 g/mol. The third-order valence-corrected chi connectivity index (χ3v) is 3.08. The van der Waals surface area contributed by atoms with Crippen molar-refractivity contribution in [2.75, 3.05) is 19.7 Å². The molecule has 0 saturated carbocycles. The van der Waals surface area contributed by atoms with Crippen LogP contribution in [0, 0.1) is 11.2 Å². The summed E-state index contributed by atoms with van der Waals surface area (Å²) in [7, 11) is 0. The Morgan fingerprint density at radius 2 is 1.90 bits per heavy atom. The van der Waals surface area contributed by atoms with Crippen LogP contribution in [0.4, 0.5) is 4.39 Å². The number of aliphatic hydroxyl groups excluding tert-OH is 1. The van der Waals surface area contributed by atoms with E-state index in [1.165, 1.54) is 18.2 Å². The Morgan fingerprint density at radius 3 is 2.52 bits per heavy atom. The van der Waals surface area contributed by atoms with Gasteiger partial charge in [0.1, 0.15) is 5.82 Å². The second-order valence-electron chi connectivity index (χ2n) is 5.58. The summed E-state index contributed by atoms with van der Waals surface area (Å²) in [6.45, 7) is 4.06. The van der Waals surface area contributed by atoms with Crippen LogP contribution in [0.25, 0.3) is 0 Å². The van der Waals surface area contributed by atoms with Crippen LogP contribution < -0.4 is 10.6 Å². The van der Waals surface area contributed by atoms with Gasteiger partial charge in [-0.05, 0) is 24.0 Å². The fraction of sp³-hybridized carbons (Fsp3) is 0.467. The molecule has 1 aromatic carbocycles. The predicted molar refractivity (Wildman–Crippen MR) is 77.2 cm³/mol. The molecule has 0 atom stereocenters. The minimum absolute atomic E-state index is 0.0485. The Kier molecular flexibility index (Phi) is 6.30. The zero-order valence-electron chi connectivity index (χ0n) is 12.3. The van der Waals surface area contributed by atoms with E-state index >= 15 is 0 Å². The summed E-state index contributed by atoms with van der Waals surface area (Å²) in [6.07, 6.45) is 0.564. The summed E-state index contributed by atoms with van der Waals surface area (Å²) in [5.74, 6) is -1.61. The van der Waals surface area contributed by atoms with Crippen LogP contribution in [0.5, 0.6) is 0 Å². The van der Waals surface area contributed by atoms with Crippen LogP contribution in [0.1, 0.15) is 30.6 Å². The van der Waals surface area contributed by atoms with Gasteiger partial charge in [0.2, 0.25) is 5.91 Å². The second-order valence-corrected chi connectivity index (χ2v) is 5.58. The molecule has 0 heterocycles. The van der Waals surface area contributed by atoms with Crippen LogP contribution in [0.3, 0.4) is 0 Å². The van der Waals surface area contributed by atoms with Crippen LogP contribution in [-0.4, -0.2) is 36.6 Å². The van der Waals surface area contributed by atoms with Crippen LogP contribution >= 0.6 is 0 Å². The molecule has 0 aliphatic rings. The van der Waals surface area contributed by atoms with Gasteiger partial charge in [-0.1, -0.05) is 26.0 Å². The van der Waals surface area contributed by atoms with E-state index in [0.29, 0.717) is 13.0 Å². The highest BCUT2D eigenvalue weighted by Crippen LogP contribution is 2.17. The number of hydrogen-bond donors (Lipinski definition) is 3. The molecule has 0 spiro atoms. The second kappa shape index (κ2) is 7.73. The molecule has 2 amide bonds. The summed E-state index contributed by atoms with van der Waals surface area (Å²) in [5.41, 5.74) is -0.314. The number of benzene rings is 1. The standard InChI is InChI=1S/C15H21FN2O3/c1-15(2,7-8-19)10-18-13(20)9-17-14(21)11-5-3-4-6-12(11)16/h3-6,19H,7-10H2,1-2H3,(H,17,21)(H,18,20). The quantitative estimate of drug-likeness (QED) is 0.704. The van der Waals surface area contributed by atoms with Gasteiger partial charge in [0.15, 0.2) is 0 Å². The molecular weight excluding hydrogens is 275 g/mol. The number of carbonyl (C=O) groups is 2. The van der Waals surface area contributed by atoms with Crippen molar-refractivity contribution in [1.82, 2.24) is 10.6 Å². The zero-order valence-corrected chi connectivity index (χ0v) is 12.3. The van der Waals surface area contributed by atoms with E-state index < -0.39 is 11.7 Å². The van der Waals surface area contributed by atoms with Crippen molar-refractivity contribution in [2.24, 2.45) is 5.41 Å². The first-order chi connectivity index (χ1) is 9.85. The lowest BCUT2D eigenvalue weighted by Gasteiger charge is -2.23. The number of carbonyl (C=O) groups excluding carboxylic acids is 2. The van der Waals surface area contributed by atoms with E-state index in [2.05, 4.69) is 10.6 Å². The van der Waals surface area contributed by atoms with Crippen molar-refractivity contribution in [3.63, 3.8) is 0 Å². The third-order valence-electron chi connectivity index (χ3n) is 3.08. The molecule has 0 aliphatic carbocycles. The van der Waals surface area contributed by atoms with Gasteiger partial charge in [-0.25, -0.2) is 4.39 Å². The summed E-state index contributed by atoms with van der Waals surface area (Å²) in [4.78, 5) is 23.3. The number of amides is 2. The Balaban J connectivity index is 2.40. The van der Waals surface area contributed by atoms with Crippen molar-refractivity contribution < 1.29 is 19.1 Å². The maximum atomic E-state index is 13.4. The summed E-state index contributed by atoms with van der Waals surface area (Å²) < 4.78 is 13.4. The molecule has 1 rings (SSSR count). The highest BCUT2D eigenvalue weighted by molar-refractivity contribution is 5.96. The van der Waals surface area contributed by atoms with Gasteiger partial charge in [0.05, 0.1) is 12.1 Å². The van der Waals surface area contributed by atoms with Crippen molar-refractivity contribution in [3.8, 4) is 0 Å². The highest BCUT2D eigenvalue weighted by Gasteiger charge is 2.18. The lowest BCUT2D eigenvalue weighted by molar-refractivity contribution is -0.120. The summed E-state index contributed by atoms with van der Waals surface area (Å²) in [5, 5.41) is 13.9. The summed E-state index contributed by atoms with van der Waals surface area (Å²) in [6, 6.07) is 5.58. The molecule has 0 aromatic heterocycles. The molecule has 116 valence electrons. The molecule has 0 bridgehead atoms. The van der Waals surface area contributed by atoms with Crippen LogP contribution in [0.2, 0.25) is 0 Å². The molecule has 5 nitrogen and oxygen atoms in total. The minimum atomic E-state index is -0.627. The van der Waals surface area contributed by atoms with Gasteiger partial charge in [-0.15, -0.1) is 0 Å². The molecule has 0 fully saturated rings. The van der Waals surface area contributed by atoms with Gasteiger partial charge in [0.25, 0.3) is 5.91 Å². The fourth-order valence-electron chi connectivity index (χ4n) is 1.69. The Hall–Kier alpha value is -1.95. The van der Waals surface area contributed by atoms with Crippen molar-refractivity contribution in [1.29, 1.82) is 0 Å². The molecule has 6 heteroatoms. The minimum Gasteiger partial charge on any atom is -0.396 e. The topological polar surface area (TPSA) is 78.4 Å². The molecule has 3 N–H and O–H groups in total. The number of halogens is 1. The normalized spacial score (nSPS) is 11.0. The van der Waals surface area contributed by atoms with E-state index in [4.69, 9.17) is 5.11 Å². The average Bonchev–Trinajstić information content (AvgIpc) is 2.43. The summed E-state index contributed by atoms with van der Waals surface area (Å²) >= 11 is 0. The Labute approximate surface area is 123 Å². The zero-order chi connectivity index (χ0) is 15.9. The number of aliphatic hydroxyl groups is 1. The van der Waals surface area contributed by atoms with Gasteiger partial charge < -0.3 is 15.7 Å². The van der Waals surface area contributed by atoms with Gasteiger partial charge in [-0.3, -0.25) is 9.59 Å². The Bertz CT molecular complexity index is 503. The number of hydrogen-bond acceptors (Lipinski definition) is 3. The largest absolute Gasteiger partial charge is 0.396 e. The van der Waals surface area contributed by atoms with E-state index in [1.807, 2.05) is 13.8 Å². The molecule has 0 unspecified atom stereocenters. The fourth-order valence-corrected chi connectivity index (χ4v) is 1.69. The smallest absolute Gasteiger partial charge is 0.254 e. The lowest BCUT2D eigenvalue weighted by Crippen LogP contribution is -2.41. The first-order valence-electron chi connectivity index (χ1n) is 6.76. The van der Waals surface area contributed by atoms with E-state index in [0.717, 1.165) is 0 Å². The van der Waals surface area contributed by atoms with Gasteiger partial charge in [-0.2, -0.15) is 0 Å². The molecule has 0 aliphatic heterocycles. The van der Waals surface area contributed by atoms with E-state index in [-0.39, 0.29) is 30.0 Å². The maximum absolute atomic E-state index is 13.4. The number of rotatable bonds is 7. The van der Waals surface area contributed by atoms with Gasteiger partial charge in [0, 0.05) is 13.2 Å². The average molecular weight is 296 g/mol. The molecular formula is C15H21FN2O3. The predicted octanol–water partition coefficient (Wildman–Crippen LogP) is 1.08. The van der Waals surface area contributed by atoms with Crippen molar-refractivity contribution >= 4 is 11.8 Å². The van der Waals surface area contributed by atoms with E-state index in [1.54, 1.807) is 6.07 Å². The SMILES string of the molecule is CC(C)(CCO)CNC(=O)CNC(=O)c1ccccc1F. The molecule has 0 saturated heterocycles. The molecule has 1 aromatic rings. The van der Waals surface area contributed by atoms with Crippen molar-refractivity contribution in [3.05, 3.63) is 35.6 Å². The van der Waals surface area contributed by atoms with Crippen LogP contribution in [0.15, 0.2) is 24.3 Å². The first-order valence-corrected chi connectivity index (χ1v) is 6.76. The van der Waals surface area contributed by atoms with Crippen molar-refractivity contribution in [2.45, 2.75) is 20.3 Å². The Morgan fingerprint density at radius 1 is 1.24 bits per heavy atom. The third kappa shape index (κ3) is 5.91. The molecule has 0 radical (unpaired) electrons. The lowest BCUT2D eigenvalue weighted by atomic mass is 9.90. The first kappa shape index (κ1) is 17.1. The molecule has 21 heavy (non-hydrogen) atoms. The number of nitrogens with one attached hydrogen (secondary N) is 2. The van der Waals surface area contributed by atoms with E-state index in [9.17, 15) is 14.0 Å². The highest BCUT2D eigenvalue weighted by atomic mass is 19.1. The van der Waals surface area contributed by atoms with Crippen LogP contribution in [-0.2, 0) is 4.79 Å².